The molecule has 0 aliphatic carbocycles. The maximum Gasteiger partial charge on any atom is 0.256 e. The van der Waals surface area contributed by atoms with Crippen LogP contribution in [0.25, 0.3) is 28.2 Å². The van der Waals surface area contributed by atoms with E-state index in [4.69, 9.17) is 9.72 Å². The molecule has 1 saturated heterocycles. The number of rotatable bonds is 6. The number of hydrogen-bond acceptors (Lipinski definition) is 4. The molecule has 4 aromatic rings. The average molecular weight is 429 g/mol. The lowest BCUT2D eigenvalue weighted by Crippen LogP contribution is -3.14. The van der Waals surface area contributed by atoms with Crippen LogP contribution in [0.4, 0.5) is 0 Å². The number of amides is 1. The first-order valence-corrected chi connectivity index (χ1v) is 11.0. The highest BCUT2D eigenvalue weighted by atomic mass is 16.5. The summed E-state index contributed by atoms with van der Waals surface area (Å²) in [4.78, 5) is 19.3. The number of ether oxygens (including phenoxy) is 1. The van der Waals surface area contributed by atoms with Crippen LogP contribution < -0.4 is 10.2 Å². The minimum absolute atomic E-state index is 0.149. The summed E-state index contributed by atoms with van der Waals surface area (Å²) in [6.45, 7) is 5.02. The summed E-state index contributed by atoms with van der Waals surface area (Å²) < 4.78 is 7.16. The standard InChI is InChI=1S/C25H25N5O2/c31-25(26-11-12-29-13-15-32-16-14-29)21-18-27-30-23(20-9-5-2-6-10-20)17-22(28-24(21)30)19-7-3-1-4-8-19/h1-10,17-18H,11-16H2,(H,26,31)/p+1. The fraction of sp³-hybridized carbons (Fsp3) is 0.240. The molecule has 1 fully saturated rings. The number of carbonyl (C=O) groups excluding carboxylic acids is 1. The summed E-state index contributed by atoms with van der Waals surface area (Å²) >= 11 is 0. The molecule has 32 heavy (non-hydrogen) atoms. The second-order valence-corrected chi connectivity index (χ2v) is 7.92. The van der Waals surface area contributed by atoms with E-state index in [9.17, 15) is 4.79 Å². The fourth-order valence-electron chi connectivity index (χ4n) is 4.05. The van der Waals surface area contributed by atoms with Gasteiger partial charge in [-0.1, -0.05) is 60.7 Å². The van der Waals surface area contributed by atoms with Crippen LogP contribution in [-0.2, 0) is 4.74 Å². The van der Waals surface area contributed by atoms with Crippen LogP contribution in [-0.4, -0.2) is 59.9 Å². The molecular formula is C25H26N5O2+. The summed E-state index contributed by atoms with van der Waals surface area (Å²) in [5, 5.41) is 7.57. The number of nitrogens with zero attached hydrogens (tertiary/aromatic N) is 3. The van der Waals surface area contributed by atoms with Gasteiger partial charge in [0, 0.05) is 11.1 Å². The Kier molecular flexibility index (Phi) is 5.91. The van der Waals surface area contributed by atoms with Crippen LogP contribution >= 0.6 is 0 Å². The van der Waals surface area contributed by atoms with Crippen molar-refractivity contribution >= 4 is 11.6 Å². The van der Waals surface area contributed by atoms with Crippen LogP contribution in [0.3, 0.4) is 0 Å². The molecule has 0 bridgehead atoms. The normalized spacial score (nSPS) is 14.5. The zero-order valence-electron chi connectivity index (χ0n) is 17.8. The maximum absolute atomic E-state index is 13.0. The van der Waals surface area contributed by atoms with Gasteiger partial charge in [-0.3, -0.25) is 4.79 Å². The third-order valence-electron chi connectivity index (χ3n) is 5.82. The maximum atomic E-state index is 13.0. The van der Waals surface area contributed by atoms with Crippen LogP contribution in [0.2, 0.25) is 0 Å². The summed E-state index contributed by atoms with van der Waals surface area (Å²) in [5.41, 5.74) is 4.76. The van der Waals surface area contributed by atoms with E-state index in [0.717, 1.165) is 55.4 Å². The van der Waals surface area contributed by atoms with Gasteiger partial charge in [0.1, 0.15) is 18.7 Å². The molecule has 0 radical (unpaired) electrons. The smallest absolute Gasteiger partial charge is 0.256 e. The topological polar surface area (TPSA) is 73.0 Å². The van der Waals surface area contributed by atoms with E-state index in [0.29, 0.717) is 17.8 Å². The van der Waals surface area contributed by atoms with Gasteiger partial charge in [-0.25, -0.2) is 9.50 Å². The number of fused-ring (bicyclic) bond motifs is 1. The summed E-state index contributed by atoms with van der Waals surface area (Å²) in [7, 11) is 0. The van der Waals surface area contributed by atoms with E-state index in [1.54, 1.807) is 10.7 Å². The Morgan fingerprint density at radius 2 is 1.69 bits per heavy atom. The Hall–Kier alpha value is -3.55. The van der Waals surface area contributed by atoms with Crippen molar-refractivity contribution in [2.45, 2.75) is 0 Å². The highest BCUT2D eigenvalue weighted by molar-refractivity contribution is 6.00. The van der Waals surface area contributed by atoms with Crippen molar-refractivity contribution in [1.82, 2.24) is 19.9 Å². The first-order chi connectivity index (χ1) is 15.8. The van der Waals surface area contributed by atoms with Gasteiger partial charge in [-0.2, -0.15) is 5.10 Å². The van der Waals surface area contributed by atoms with Gasteiger partial charge >= 0.3 is 0 Å². The lowest BCUT2D eigenvalue weighted by atomic mass is 10.1. The quantitative estimate of drug-likeness (QED) is 0.491. The van der Waals surface area contributed by atoms with Crippen molar-refractivity contribution in [2.24, 2.45) is 0 Å². The van der Waals surface area contributed by atoms with E-state index < -0.39 is 0 Å². The molecule has 2 aromatic heterocycles. The number of hydrogen-bond donors (Lipinski definition) is 2. The third kappa shape index (κ3) is 4.26. The van der Waals surface area contributed by atoms with Crippen molar-refractivity contribution < 1.29 is 14.4 Å². The van der Waals surface area contributed by atoms with Crippen LogP contribution in [0.15, 0.2) is 72.9 Å². The zero-order valence-corrected chi connectivity index (χ0v) is 17.8. The predicted octanol–water partition coefficient (Wildman–Crippen LogP) is 1.71. The SMILES string of the molecule is O=C(NCC[NH+]1CCOCC1)c1cnn2c(-c3ccccc3)cc(-c3ccccc3)nc12. The third-order valence-corrected chi connectivity index (χ3v) is 5.82. The monoisotopic (exact) mass is 428 g/mol. The van der Waals surface area contributed by atoms with Gasteiger partial charge in [-0.05, 0) is 6.07 Å². The number of morpholine rings is 1. The second-order valence-electron chi connectivity index (χ2n) is 7.92. The van der Waals surface area contributed by atoms with E-state index in [-0.39, 0.29) is 5.91 Å². The molecule has 2 N–H and O–H groups in total. The summed E-state index contributed by atoms with van der Waals surface area (Å²) in [5.74, 6) is -0.149. The fourth-order valence-corrected chi connectivity index (χ4v) is 4.05. The highest BCUT2D eigenvalue weighted by Gasteiger charge is 2.19. The van der Waals surface area contributed by atoms with Gasteiger partial charge in [0.25, 0.3) is 5.91 Å². The number of carbonyl (C=O) groups is 1. The van der Waals surface area contributed by atoms with E-state index in [2.05, 4.69) is 10.4 Å². The number of nitrogens with one attached hydrogen (secondary N) is 2. The molecule has 1 aliphatic rings. The summed E-state index contributed by atoms with van der Waals surface area (Å²) in [6.07, 6.45) is 1.61. The molecule has 162 valence electrons. The van der Waals surface area contributed by atoms with Gasteiger partial charge in [0.2, 0.25) is 0 Å². The minimum Gasteiger partial charge on any atom is -0.370 e. The molecule has 1 aliphatic heterocycles. The number of benzene rings is 2. The Morgan fingerprint density at radius 1 is 1.00 bits per heavy atom. The van der Waals surface area contributed by atoms with Gasteiger partial charge in [-0.15, -0.1) is 0 Å². The van der Waals surface area contributed by atoms with Crippen molar-refractivity contribution in [3.8, 4) is 22.5 Å². The number of quaternary nitrogens is 1. The molecule has 0 spiro atoms. The van der Waals surface area contributed by atoms with Crippen molar-refractivity contribution in [3.63, 3.8) is 0 Å². The Labute approximate surface area is 186 Å². The number of aromatic nitrogens is 3. The Morgan fingerprint density at radius 3 is 2.41 bits per heavy atom. The molecule has 5 rings (SSSR count). The van der Waals surface area contributed by atoms with Crippen molar-refractivity contribution in [1.29, 1.82) is 0 Å². The van der Waals surface area contributed by atoms with Crippen LogP contribution in [0.5, 0.6) is 0 Å². The first kappa shape index (κ1) is 20.4. The van der Waals surface area contributed by atoms with Gasteiger partial charge in [0.05, 0.1) is 43.9 Å². The minimum atomic E-state index is -0.149. The van der Waals surface area contributed by atoms with Crippen molar-refractivity contribution in [2.75, 3.05) is 39.4 Å². The van der Waals surface area contributed by atoms with Crippen molar-refractivity contribution in [3.05, 3.63) is 78.5 Å². The molecule has 0 saturated carbocycles. The molecular weight excluding hydrogens is 402 g/mol. The molecule has 7 nitrogen and oxygen atoms in total. The molecule has 7 heteroatoms. The van der Waals surface area contributed by atoms with Crippen LogP contribution in [0, 0.1) is 0 Å². The highest BCUT2D eigenvalue weighted by Crippen LogP contribution is 2.27. The average Bonchev–Trinajstić information content (AvgIpc) is 3.29. The lowest BCUT2D eigenvalue weighted by molar-refractivity contribution is -0.906. The molecule has 0 unspecified atom stereocenters. The van der Waals surface area contributed by atoms with E-state index >= 15 is 0 Å². The lowest BCUT2D eigenvalue weighted by Gasteiger charge is -2.23. The molecule has 3 heterocycles. The molecule has 2 aromatic carbocycles. The Bertz CT molecular complexity index is 1200. The zero-order chi connectivity index (χ0) is 21.8. The predicted molar refractivity (Wildman–Crippen MR) is 123 cm³/mol. The molecule has 0 atom stereocenters. The van der Waals surface area contributed by atoms with Gasteiger partial charge < -0.3 is 15.0 Å². The Balaban J connectivity index is 1.48. The van der Waals surface area contributed by atoms with Gasteiger partial charge in [0.15, 0.2) is 5.65 Å². The first-order valence-electron chi connectivity index (χ1n) is 11.0. The molecule has 1 amide bonds. The van der Waals surface area contributed by atoms with E-state index in [1.807, 2.05) is 66.7 Å². The largest absolute Gasteiger partial charge is 0.370 e. The second kappa shape index (κ2) is 9.30. The van der Waals surface area contributed by atoms with E-state index in [1.165, 1.54) is 4.90 Å². The summed E-state index contributed by atoms with van der Waals surface area (Å²) in [6, 6.07) is 22.1. The van der Waals surface area contributed by atoms with Crippen LogP contribution in [0.1, 0.15) is 10.4 Å².